The maximum absolute atomic E-state index is 13.3. The lowest BCUT2D eigenvalue weighted by Gasteiger charge is -2.14. The maximum atomic E-state index is 13.3. The third-order valence-corrected chi connectivity index (χ3v) is 4.81. The molecule has 1 fully saturated rings. The zero-order chi connectivity index (χ0) is 15.9. The minimum atomic E-state index is -0.532. The third kappa shape index (κ3) is 2.69. The van der Waals surface area contributed by atoms with E-state index in [0.717, 1.165) is 5.69 Å². The Morgan fingerprint density at radius 2 is 2.14 bits per heavy atom. The van der Waals surface area contributed by atoms with Crippen LogP contribution in [0.3, 0.4) is 0 Å². The van der Waals surface area contributed by atoms with E-state index in [1.54, 1.807) is 6.08 Å². The van der Waals surface area contributed by atoms with Crippen molar-refractivity contribution >= 4 is 57.6 Å². The molecular weight excluding hydrogens is 343 g/mol. The summed E-state index contributed by atoms with van der Waals surface area (Å²) in [5.41, 5.74) is 1.36. The summed E-state index contributed by atoms with van der Waals surface area (Å²) in [6.07, 6.45) is 3.68. The molecule has 0 atom stereocenters. The van der Waals surface area contributed by atoms with Gasteiger partial charge in [0, 0.05) is 18.9 Å². The number of hydrogen-bond acceptors (Lipinski definition) is 3. The summed E-state index contributed by atoms with van der Waals surface area (Å²) in [6.45, 7) is 0. The van der Waals surface area contributed by atoms with Crippen molar-refractivity contribution in [2.24, 2.45) is 7.05 Å². The first kappa shape index (κ1) is 15.3. The summed E-state index contributed by atoms with van der Waals surface area (Å²) in [7, 11) is 1.90. The number of rotatable bonds is 2. The Hall–Kier alpha value is -1.63. The second-order valence-corrected chi connectivity index (χ2v) is 6.74. The largest absolute Gasteiger partial charge is 0.351 e. The highest BCUT2D eigenvalue weighted by Gasteiger charge is 2.33. The van der Waals surface area contributed by atoms with Crippen LogP contribution in [0.25, 0.3) is 6.08 Å². The molecular formula is C15H10ClFN2OS2. The van der Waals surface area contributed by atoms with Crippen molar-refractivity contribution in [1.82, 2.24) is 4.57 Å². The van der Waals surface area contributed by atoms with Crippen LogP contribution in [-0.2, 0) is 11.8 Å². The van der Waals surface area contributed by atoms with Gasteiger partial charge in [-0.2, -0.15) is 0 Å². The number of benzene rings is 1. The summed E-state index contributed by atoms with van der Waals surface area (Å²) < 4.78 is 15.6. The number of thiocarbonyl (C=S) groups is 1. The summed E-state index contributed by atoms with van der Waals surface area (Å²) in [5.74, 6) is -0.769. The number of aromatic nitrogens is 1. The highest BCUT2D eigenvalue weighted by Crippen LogP contribution is 2.37. The average molecular weight is 353 g/mol. The molecule has 22 heavy (non-hydrogen) atoms. The Morgan fingerprint density at radius 3 is 2.77 bits per heavy atom. The summed E-state index contributed by atoms with van der Waals surface area (Å²) in [6, 6.07) is 7.90. The van der Waals surface area contributed by atoms with Gasteiger partial charge in [0.25, 0.3) is 5.91 Å². The molecule has 1 aromatic carbocycles. The van der Waals surface area contributed by atoms with Crippen LogP contribution < -0.4 is 4.90 Å². The number of amides is 1. The summed E-state index contributed by atoms with van der Waals surface area (Å²) >= 11 is 12.3. The zero-order valence-electron chi connectivity index (χ0n) is 11.4. The Balaban J connectivity index is 1.96. The van der Waals surface area contributed by atoms with Crippen LogP contribution >= 0.6 is 35.6 Å². The summed E-state index contributed by atoms with van der Waals surface area (Å²) in [5, 5.41) is -0.0436. The number of aryl methyl sites for hydroxylation is 1. The van der Waals surface area contributed by atoms with E-state index in [4.69, 9.17) is 23.8 Å². The first-order valence-electron chi connectivity index (χ1n) is 6.32. The van der Waals surface area contributed by atoms with Crippen LogP contribution in [0.2, 0.25) is 5.02 Å². The maximum Gasteiger partial charge on any atom is 0.270 e. The zero-order valence-corrected chi connectivity index (χ0v) is 13.8. The fraction of sp³-hybridized carbons (Fsp3) is 0.0667. The average Bonchev–Trinajstić information content (AvgIpc) is 2.99. The highest BCUT2D eigenvalue weighted by atomic mass is 35.5. The van der Waals surface area contributed by atoms with E-state index in [0.29, 0.717) is 14.9 Å². The standard InChI is InChI=1S/C15H10ClFN2OS2/c1-18-6-2-3-9(18)8-13-14(20)19(15(21)22-13)10-4-5-12(17)11(16)7-10/h2-8H,1H3. The van der Waals surface area contributed by atoms with Gasteiger partial charge < -0.3 is 4.57 Å². The van der Waals surface area contributed by atoms with Crippen molar-refractivity contribution in [3.05, 3.63) is 58.0 Å². The smallest absolute Gasteiger partial charge is 0.270 e. The molecule has 0 radical (unpaired) electrons. The molecule has 2 heterocycles. The first-order valence-corrected chi connectivity index (χ1v) is 7.92. The van der Waals surface area contributed by atoms with Crippen LogP contribution in [0.5, 0.6) is 0 Å². The van der Waals surface area contributed by atoms with Crippen LogP contribution in [0.1, 0.15) is 5.69 Å². The molecule has 1 aromatic heterocycles. The lowest BCUT2D eigenvalue weighted by molar-refractivity contribution is -0.113. The molecule has 1 amide bonds. The van der Waals surface area contributed by atoms with E-state index in [2.05, 4.69) is 0 Å². The Kier molecular flexibility index (Phi) is 4.08. The molecule has 0 N–H and O–H groups in total. The molecule has 2 aromatic rings. The molecule has 1 aliphatic rings. The van der Waals surface area contributed by atoms with Crippen molar-refractivity contribution in [3.63, 3.8) is 0 Å². The monoisotopic (exact) mass is 352 g/mol. The second kappa shape index (κ2) is 5.87. The van der Waals surface area contributed by atoms with E-state index < -0.39 is 5.82 Å². The van der Waals surface area contributed by atoms with Crippen molar-refractivity contribution in [2.45, 2.75) is 0 Å². The van der Waals surface area contributed by atoms with Gasteiger partial charge in [0.05, 0.1) is 15.6 Å². The van der Waals surface area contributed by atoms with Crippen molar-refractivity contribution < 1.29 is 9.18 Å². The lowest BCUT2D eigenvalue weighted by Crippen LogP contribution is -2.27. The van der Waals surface area contributed by atoms with Crippen LogP contribution in [-0.4, -0.2) is 14.8 Å². The predicted octanol–water partition coefficient (Wildman–Crippen LogP) is 4.22. The van der Waals surface area contributed by atoms with Gasteiger partial charge in [-0.3, -0.25) is 9.69 Å². The molecule has 7 heteroatoms. The molecule has 0 aliphatic carbocycles. The van der Waals surface area contributed by atoms with Crippen molar-refractivity contribution in [2.75, 3.05) is 4.90 Å². The van der Waals surface area contributed by atoms with Crippen LogP contribution in [0, 0.1) is 5.82 Å². The number of carbonyl (C=O) groups is 1. The minimum Gasteiger partial charge on any atom is -0.351 e. The fourth-order valence-electron chi connectivity index (χ4n) is 2.07. The number of anilines is 1. The second-order valence-electron chi connectivity index (χ2n) is 4.66. The molecule has 0 saturated carbocycles. The Morgan fingerprint density at radius 1 is 1.36 bits per heavy atom. The molecule has 3 rings (SSSR count). The van der Waals surface area contributed by atoms with E-state index in [9.17, 15) is 9.18 Å². The molecule has 112 valence electrons. The number of nitrogens with zero attached hydrogens (tertiary/aromatic N) is 2. The van der Waals surface area contributed by atoms with Gasteiger partial charge in [-0.25, -0.2) is 4.39 Å². The third-order valence-electron chi connectivity index (χ3n) is 3.22. The molecule has 1 aliphatic heterocycles. The SMILES string of the molecule is Cn1cccc1C=C1SC(=S)N(c2ccc(F)c(Cl)c2)C1=O. The van der Waals surface area contributed by atoms with Gasteiger partial charge in [-0.1, -0.05) is 35.6 Å². The van der Waals surface area contributed by atoms with Crippen LogP contribution in [0.15, 0.2) is 41.4 Å². The van der Waals surface area contributed by atoms with Gasteiger partial charge in [-0.05, 0) is 36.4 Å². The van der Waals surface area contributed by atoms with Crippen LogP contribution in [0.4, 0.5) is 10.1 Å². The predicted molar refractivity (Wildman–Crippen MR) is 92.5 cm³/mol. The van der Waals surface area contributed by atoms with Gasteiger partial charge >= 0.3 is 0 Å². The highest BCUT2D eigenvalue weighted by molar-refractivity contribution is 8.27. The Labute approximate surface area is 141 Å². The van der Waals surface area contributed by atoms with E-state index in [-0.39, 0.29) is 10.9 Å². The Bertz CT molecular complexity index is 816. The molecule has 0 unspecified atom stereocenters. The summed E-state index contributed by atoms with van der Waals surface area (Å²) in [4.78, 5) is 14.4. The van der Waals surface area contributed by atoms with Crippen molar-refractivity contribution in [1.29, 1.82) is 0 Å². The quantitative estimate of drug-likeness (QED) is 0.597. The van der Waals surface area contributed by atoms with Gasteiger partial charge in [-0.15, -0.1) is 0 Å². The number of hydrogen-bond donors (Lipinski definition) is 0. The molecule has 0 spiro atoms. The number of halogens is 2. The van der Waals surface area contributed by atoms with E-state index in [1.807, 2.05) is 29.9 Å². The van der Waals surface area contributed by atoms with Gasteiger partial charge in [0.1, 0.15) is 5.82 Å². The number of thioether (sulfide) groups is 1. The van der Waals surface area contributed by atoms with Gasteiger partial charge in [0.2, 0.25) is 0 Å². The van der Waals surface area contributed by atoms with E-state index >= 15 is 0 Å². The lowest BCUT2D eigenvalue weighted by atomic mass is 10.2. The minimum absolute atomic E-state index is 0.0436. The number of carbonyl (C=O) groups excluding carboxylic acids is 1. The normalized spacial score (nSPS) is 16.9. The molecule has 3 nitrogen and oxygen atoms in total. The fourth-order valence-corrected chi connectivity index (χ4v) is 3.53. The first-order chi connectivity index (χ1) is 10.5. The van der Waals surface area contributed by atoms with Gasteiger partial charge in [0.15, 0.2) is 4.32 Å². The topological polar surface area (TPSA) is 25.2 Å². The molecule has 1 saturated heterocycles. The van der Waals surface area contributed by atoms with Crippen molar-refractivity contribution in [3.8, 4) is 0 Å². The molecule has 0 bridgehead atoms. The van der Waals surface area contributed by atoms with E-state index in [1.165, 1.54) is 34.9 Å².